The van der Waals surface area contributed by atoms with E-state index in [0.29, 0.717) is 17.0 Å². The van der Waals surface area contributed by atoms with Gasteiger partial charge in [0.25, 0.3) is 5.56 Å². The van der Waals surface area contributed by atoms with E-state index >= 15 is 0 Å². The minimum atomic E-state index is -0.191. The highest BCUT2D eigenvalue weighted by molar-refractivity contribution is 6.30. The number of hydrogen-bond acceptors (Lipinski definition) is 5. The molecule has 7 rings (SSSR count). The molecule has 0 radical (unpaired) electrons. The van der Waals surface area contributed by atoms with Crippen LogP contribution in [0.25, 0.3) is 11.0 Å². The number of nitrogens with two attached hydrogens (primary N) is 1. The molecule has 7 nitrogen and oxygen atoms in total. The maximum atomic E-state index is 13.3. The summed E-state index contributed by atoms with van der Waals surface area (Å²) >= 11 is 6.24. The largest absolute Gasteiger partial charge is 0.342 e. The fourth-order valence-corrected chi connectivity index (χ4v) is 6.63. The zero-order valence-corrected chi connectivity index (χ0v) is 20.1. The molecule has 3 aliphatic rings. The van der Waals surface area contributed by atoms with Crippen molar-refractivity contribution >= 4 is 28.6 Å². The Hall–Kier alpha value is -3.16. The first-order chi connectivity index (χ1) is 17.0. The summed E-state index contributed by atoms with van der Waals surface area (Å²) in [4.78, 5) is 23.3. The van der Waals surface area contributed by atoms with Gasteiger partial charge in [0.15, 0.2) is 5.65 Å². The number of aromatic amines is 2. The van der Waals surface area contributed by atoms with Crippen LogP contribution in [0.5, 0.6) is 0 Å². The fraction of sp³-hybridized carbons (Fsp3) is 0.370. The monoisotopic (exact) mass is 486 g/mol. The second-order valence-electron chi connectivity index (χ2n) is 10.5. The van der Waals surface area contributed by atoms with E-state index in [1.165, 1.54) is 16.7 Å². The van der Waals surface area contributed by atoms with Crippen molar-refractivity contribution in [2.45, 2.75) is 43.6 Å². The number of benzene rings is 2. The number of piperidine rings is 1. The number of halogens is 1. The van der Waals surface area contributed by atoms with Gasteiger partial charge in [-0.1, -0.05) is 48.0 Å². The summed E-state index contributed by atoms with van der Waals surface area (Å²) in [7, 11) is 0. The molecule has 8 heteroatoms. The Bertz CT molecular complexity index is 1500. The van der Waals surface area contributed by atoms with Crippen LogP contribution < -0.4 is 16.2 Å². The number of nitrogens with zero attached hydrogens (tertiary/aromatic N) is 3. The summed E-state index contributed by atoms with van der Waals surface area (Å²) < 4.78 is 0. The lowest BCUT2D eigenvalue weighted by molar-refractivity contribution is 0.187. The first-order valence-electron chi connectivity index (χ1n) is 12.3. The quantitative estimate of drug-likeness (QED) is 0.402. The minimum Gasteiger partial charge on any atom is -0.342 e. The molecule has 1 saturated heterocycles. The molecule has 1 spiro atoms. The van der Waals surface area contributed by atoms with E-state index in [1.54, 1.807) is 0 Å². The molecule has 178 valence electrons. The van der Waals surface area contributed by atoms with Gasteiger partial charge in [0.2, 0.25) is 5.95 Å². The number of H-pyrrole nitrogens is 2. The average Bonchev–Trinajstić information content (AvgIpc) is 3.50. The summed E-state index contributed by atoms with van der Waals surface area (Å²) in [5.41, 5.74) is 11.5. The number of anilines is 1. The van der Waals surface area contributed by atoms with Gasteiger partial charge in [-0.3, -0.25) is 14.9 Å². The third kappa shape index (κ3) is 3.11. The normalized spacial score (nSPS) is 22.0. The van der Waals surface area contributed by atoms with Gasteiger partial charge in [-0.05, 0) is 66.3 Å². The van der Waals surface area contributed by atoms with Crippen molar-refractivity contribution < 1.29 is 0 Å². The van der Waals surface area contributed by atoms with Gasteiger partial charge in [0, 0.05) is 29.6 Å². The first kappa shape index (κ1) is 21.1. The van der Waals surface area contributed by atoms with Gasteiger partial charge in [-0.2, -0.15) is 10.1 Å². The lowest BCUT2D eigenvalue weighted by atomic mass is 9.73. The molecule has 35 heavy (non-hydrogen) atoms. The highest BCUT2D eigenvalue weighted by Gasteiger charge is 2.50. The Morgan fingerprint density at radius 3 is 2.57 bits per heavy atom. The van der Waals surface area contributed by atoms with Crippen molar-refractivity contribution in [1.29, 1.82) is 0 Å². The summed E-state index contributed by atoms with van der Waals surface area (Å²) in [6.07, 6.45) is 4.82. The van der Waals surface area contributed by atoms with Crippen LogP contribution in [-0.4, -0.2) is 33.3 Å². The lowest BCUT2D eigenvalue weighted by Crippen LogP contribution is -2.45. The third-order valence-corrected chi connectivity index (χ3v) is 8.89. The lowest BCUT2D eigenvalue weighted by Gasteiger charge is -2.42. The molecule has 0 unspecified atom stereocenters. The van der Waals surface area contributed by atoms with E-state index in [1.807, 2.05) is 30.3 Å². The molecular formula is C27H27ClN6O. The van der Waals surface area contributed by atoms with Gasteiger partial charge in [0.05, 0.1) is 5.69 Å². The van der Waals surface area contributed by atoms with Crippen LogP contribution in [0.2, 0.25) is 5.02 Å². The Morgan fingerprint density at radius 2 is 1.83 bits per heavy atom. The smallest absolute Gasteiger partial charge is 0.263 e. The molecule has 1 atom stereocenters. The maximum absolute atomic E-state index is 13.3. The van der Waals surface area contributed by atoms with Crippen LogP contribution in [0.1, 0.15) is 54.1 Å². The molecule has 1 aliphatic heterocycles. The van der Waals surface area contributed by atoms with Gasteiger partial charge in [-0.25, -0.2) is 0 Å². The summed E-state index contributed by atoms with van der Waals surface area (Å²) in [5, 5.41) is 8.97. The predicted molar refractivity (Wildman–Crippen MR) is 137 cm³/mol. The zero-order valence-electron chi connectivity index (χ0n) is 19.4. The molecule has 2 aromatic carbocycles. The number of aromatic nitrogens is 4. The summed E-state index contributed by atoms with van der Waals surface area (Å²) in [6, 6.07) is 16.4. The first-order valence-corrected chi connectivity index (χ1v) is 12.7. The van der Waals surface area contributed by atoms with Gasteiger partial charge in [0.1, 0.15) is 5.39 Å². The van der Waals surface area contributed by atoms with Gasteiger partial charge in [-0.15, -0.1) is 0 Å². The van der Waals surface area contributed by atoms with Crippen LogP contribution in [0.3, 0.4) is 0 Å². The molecule has 4 N–H and O–H groups in total. The Labute approximate surface area is 207 Å². The number of hydrogen-bond donors (Lipinski definition) is 3. The van der Waals surface area contributed by atoms with Crippen LogP contribution >= 0.6 is 11.6 Å². The summed E-state index contributed by atoms with van der Waals surface area (Å²) in [5.74, 6) is 0.601. The molecule has 2 aromatic heterocycles. The second-order valence-corrected chi connectivity index (χ2v) is 10.9. The maximum Gasteiger partial charge on any atom is 0.263 e. The zero-order chi connectivity index (χ0) is 23.8. The standard InChI is InChI=1S/C27H27ClN6O/c28-18-7-6-16-15-26(21(29)19(16)14-18)10-12-34(13-11-26)25-30-23-20(24(35)31-25)22(32-33-23)27(8-9-27)17-4-2-1-3-5-17/h1-7,14,21H,8-13,15,29H2,(H2,30,31,32,33,35)/t21-/m1/s1. The topological polar surface area (TPSA) is 104 Å². The van der Waals surface area contributed by atoms with E-state index in [9.17, 15) is 4.79 Å². The van der Waals surface area contributed by atoms with Crippen molar-refractivity contribution in [2.24, 2.45) is 11.1 Å². The minimum absolute atomic E-state index is 0.0179. The van der Waals surface area contributed by atoms with Gasteiger partial charge < -0.3 is 10.6 Å². The van der Waals surface area contributed by atoms with E-state index in [2.05, 4.69) is 38.3 Å². The van der Waals surface area contributed by atoms with Crippen LogP contribution in [0, 0.1) is 5.41 Å². The van der Waals surface area contributed by atoms with Crippen molar-refractivity contribution in [3.63, 3.8) is 0 Å². The number of nitrogens with one attached hydrogen (secondary N) is 2. The van der Waals surface area contributed by atoms with Crippen molar-refractivity contribution in [2.75, 3.05) is 18.0 Å². The number of rotatable bonds is 3. The van der Waals surface area contributed by atoms with Crippen LogP contribution in [-0.2, 0) is 11.8 Å². The molecule has 0 bridgehead atoms. The van der Waals surface area contributed by atoms with E-state index in [-0.39, 0.29) is 22.4 Å². The van der Waals surface area contributed by atoms with E-state index in [4.69, 9.17) is 22.3 Å². The summed E-state index contributed by atoms with van der Waals surface area (Å²) in [6.45, 7) is 1.58. The predicted octanol–water partition coefficient (Wildman–Crippen LogP) is 4.22. The van der Waals surface area contributed by atoms with E-state index < -0.39 is 0 Å². The van der Waals surface area contributed by atoms with Crippen molar-refractivity contribution in [1.82, 2.24) is 20.2 Å². The molecule has 4 aromatic rings. The molecule has 1 saturated carbocycles. The number of fused-ring (bicyclic) bond motifs is 2. The van der Waals surface area contributed by atoms with Gasteiger partial charge >= 0.3 is 0 Å². The van der Waals surface area contributed by atoms with Crippen molar-refractivity contribution in [3.8, 4) is 0 Å². The second kappa shape index (κ2) is 7.42. The third-order valence-electron chi connectivity index (χ3n) is 8.65. The molecule has 3 heterocycles. The molecule has 0 amide bonds. The Morgan fingerprint density at radius 1 is 1.06 bits per heavy atom. The Kier molecular flexibility index (Phi) is 4.48. The van der Waals surface area contributed by atoms with Crippen molar-refractivity contribution in [3.05, 3.63) is 86.3 Å². The fourth-order valence-electron chi connectivity index (χ4n) is 6.45. The highest BCUT2D eigenvalue weighted by atomic mass is 35.5. The Balaban J connectivity index is 1.16. The average molecular weight is 487 g/mol. The highest BCUT2D eigenvalue weighted by Crippen LogP contribution is 2.54. The molecular weight excluding hydrogens is 460 g/mol. The SMILES string of the molecule is N[C@@H]1c2cc(Cl)ccc2CC12CCN(c1nc3[nH]nc(C4(c5ccccc5)CC4)c3c(=O)[nH]1)CC2. The molecule has 2 fully saturated rings. The van der Waals surface area contributed by atoms with E-state index in [0.717, 1.165) is 55.9 Å². The van der Waals surface area contributed by atoms with Crippen LogP contribution in [0.4, 0.5) is 5.95 Å². The molecule has 2 aliphatic carbocycles. The van der Waals surface area contributed by atoms with Crippen LogP contribution in [0.15, 0.2) is 53.3 Å².